The normalized spacial score (nSPS) is 30.0. The fourth-order valence-electron chi connectivity index (χ4n) is 3.40. The van der Waals surface area contributed by atoms with Gasteiger partial charge in [0.1, 0.15) is 0 Å². The van der Waals surface area contributed by atoms with Crippen molar-refractivity contribution in [2.24, 2.45) is 5.41 Å². The Morgan fingerprint density at radius 2 is 2.00 bits per heavy atom. The molecule has 2 rings (SSSR count). The minimum Gasteiger partial charge on any atom is -0.481 e. The maximum absolute atomic E-state index is 12.6. The van der Waals surface area contributed by atoms with Gasteiger partial charge in [0, 0.05) is 32.2 Å². The average Bonchev–Trinajstić information content (AvgIpc) is 2.92. The molecule has 0 aromatic rings. The SMILES string of the molecule is CCC1(C(=O)O)CCN(C(=O)N2CCCC(N(C)C)C2)C1. The van der Waals surface area contributed by atoms with Gasteiger partial charge < -0.3 is 19.8 Å². The first-order valence-electron chi connectivity index (χ1n) is 7.83. The number of carbonyl (C=O) groups is 2. The molecule has 2 aliphatic heterocycles. The Hall–Kier alpha value is -1.30. The highest BCUT2D eigenvalue weighted by atomic mass is 16.4. The molecule has 1 N–H and O–H groups in total. The molecule has 0 radical (unpaired) electrons. The molecule has 21 heavy (non-hydrogen) atoms. The van der Waals surface area contributed by atoms with Crippen LogP contribution in [0, 0.1) is 5.41 Å². The van der Waals surface area contributed by atoms with E-state index in [9.17, 15) is 14.7 Å². The summed E-state index contributed by atoms with van der Waals surface area (Å²) in [5, 5.41) is 9.43. The van der Waals surface area contributed by atoms with Gasteiger partial charge in [0.15, 0.2) is 0 Å². The molecule has 0 aromatic heterocycles. The van der Waals surface area contributed by atoms with Crippen molar-refractivity contribution in [3.05, 3.63) is 0 Å². The van der Waals surface area contributed by atoms with Crippen LogP contribution in [-0.4, -0.2) is 78.1 Å². The third kappa shape index (κ3) is 3.15. The summed E-state index contributed by atoms with van der Waals surface area (Å²) in [7, 11) is 4.09. The van der Waals surface area contributed by atoms with Gasteiger partial charge in [0.05, 0.1) is 5.41 Å². The topological polar surface area (TPSA) is 64.1 Å². The zero-order valence-electron chi connectivity index (χ0n) is 13.3. The van der Waals surface area contributed by atoms with Crippen LogP contribution in [0.1, 0.15) is 32.6 Å². The molecule has 2 atom stereocenters. The van der Waals surface area contributed by atoms with Gasteiger partial charge in [0.2, 0.25) is 0 Å². The number of urea groups is 1. The van der Waals surface area contributed by atoms with E-state index in [-0.39, 0.29) is 6.03 Å². The number of hydrogen-bond donors (Lipinski definition) is 1. The van der Waals surface area contributed by atoms with Gasteiger partial charge in [0.25, 0.3) is 0 Å². The van der Waals surface area contributed by atoms with Crippen molar-refractivity contribution in [3.8, 4) is 0 Å². The highest BCUT2D eigenvalue weighted by Gasteiger charge is 2.45. The predicted octanol–water partition coefficient (Wildman–Crippen LogP) is 1.32. The maximum atomic E-state index is 12.6. The van der Waals surface area contributed by atoms with Crippen molar-refractivity contribution >= 4 is 12.0 Å². The second kappa shape index (κ2) is 6.22. The Kier molecular flexibility index (Phi) is 4.76. The van der Waals surface area contributed by atoms with E-state index in [4.69, 9.17) is 0 Å². The minimum atomic E-state index is -0.773. The monoisotopic (exact) mass is 297 g/mol. The van der Waals surface area contributed by atoms with Crippen LogP contribution in [0.5, 0.6) is 0 Å². The minimum absolute atomic E-state index is 0.0122. The summed E-state index contributed by atoms with van der Waals surface area (Å²) in [6.07, 6.45) is 3.27. The fraction of sp³-hybridized carbons (Fsp3) is 0.867. The second-order valence-corrected chi connectivity index (χ2v) is 6.60. The zero-order chi connectivity index (χ0) is 15.6. The van der Waals surface area contributed by atoms with Crippen molar-refractivity contribution in [2.45, 2.75) is 38.6 Å². The Morgan fingerprint density at radius 1 is 1.29 bits per heavy atom. The van der Waals surface area contributed by atoms with Crippen molar-refractivity contribution in [1.29, 1.82) is 0 Å². The highest BCUT2D eigenvalue weighted by Crippen LogP contribution is 2.34. The Bertz CT molecular complexity index is 413. The lowest BCUT2D eigenvalue weighted by atomic mass is 9.84. The van der Waals surface area contributed by atoms with Crippen LogP contribution in [0.2, 0.25) is 0 Å². The van der Waals surface area contributed by atoms with E-state index >= 15 is 0 Å². The van der Waals surface area contributed by atoms with Crippen molar-refractivity contribution in [3.63, 3.8) is 0 Å². The largest absolute Gasteiger partial charge is 0.481 e. The van der Waals surface area contributed by atoms with Gasteiger partial charge in [-0.2, -0.15) is 0 Å². The number of nitrogens with zero attached hydrogens (tertiary/aromatic N) is 3. The summed E-state index contributed by atoms with van der Waals surface area (Å²) in [5.74, 6) is -0.773. The van der Waals surface area contributed by atoms with E-state index in [1.54, 1.807) is 4.90 Å². The summed E-state index contributed by atoms with van der Waals surface area (Å²) < 4.78 is 0. The standard InChI is InChI=1S/C15H27N3O3/c1-4-15(13(19)20)7-9-18(11-15)14(21)17-8-5-6-12(10-17)16(2)3/h12H,4-11H2,1-3H3,(H,19,20). The first-order chi connectivity index (χ1) is 9.89. The molecule has 0 aliphatic carbocycles. The van der Waals surface area contributed by atoms with Crippen molar-refractivity contribution < 1.29 is 14.7 Å². The molecule has 6 nitrogen and oxygen atoms in total. The number of amides is 2. The molecule has 2 saturated heterocycles. The van der Waals surface area contributed by atoms with Gasteiger partial charge >= 0.3 is 12.0 Å². The van der Waals surface area contributed by atoms with Gasteiger partial charge in [-0.15, -0.1) is 0 Å². The lowest BCUT2D eigenvalue weighted by molar-refractivity contribution is -0.148. The van der Waals surface area contributed by atoms with E-state index < -0.39 is 11.4 Å². The Balaban J connectivity index is 2.00. The van der Waals surface area contributed by atoms with Gasteiger partial charge in [-0.1, -0.05) is 6.92 Å². The van der Waals surface area contributed by atoms with Crippen LogP contribution in [0.3, 0.4) is 0 Å². The molecular formula is C15H27N3O3. The van der Waals surface area contributed by atoms with Crippen LogP contribution in [0.25, 0.3) is 0 Å². The number of carboxylic acids is 1. The highest BCUT2D eigenvalue weighted by molar-refractivity contribution is 5.80. The molecule has 6 heteroatoms. The van der Waals surface area contributed by atoms with Gasteiger partial charge in [-0.25, -0.2) is 4.79 Å². The summed E-state index contributed by atoms with van der Waals surface area (Å²) in [4.78, 5) is 29.9. The number of carboxylic acid groups (broad SMARTS) is 1. The number of likely N-dealkylation sites (N-methyl/N-ethyl adjacent to an activating group) is 1. The van der Waals surface area contributed by atoms with Crippen LogP contribution in [-0.2, 0) is 4.79 Å². The zero-order valence-corrected chi connectivity index (χ0v) is 13.3. The molecule has 0 bridgehead atoms. The molecule has 2 amide bonds. The van der Waals surface area contributed by atoms with E-state index in [2.05, 4.69) is 4.90 Å². The number of likely N-dealkylation sites (tertiary alicyclic amines) is 2. The van der Waals surface area contributed by atoms with Crippen LogP contribution < -0.4 is 0 Å². The van der Waals surface area contributed by atoms with Crippen LogP contribution in [0.4, 0.5) is 4.79 Å². The first-order valence-corrected chi connectivity index (χ1v) is 7.83. The van der Waals surface area contributed by atoms with E-state index in [1.165, 1.54) is 0 Å². The molecular weight excluding hydrogens is 270 g/mol. The predicted molar refractivity (Wildman–Crippen MR) is 80.2 cm³/mol. The van der Waals surface area contributed by atoms with Crippen molar-refractivity contribution in [2.75, 3.05) is 40.3 Å². The molecule has 0 spiro atoms. The van der Waals surface area contributed by atoms with E-state index in [0.29, 0.717) is 32.0 Å². The van der Waals surface area contributed by atoms with Gasteiger partial charge in [-0.3, -0.25) is 4.79 Å². The lowest BCUT2D eigenvalue weighted by Crippen LogP contribution is -2.52. The summed E-state index contributed by atoms with van der Waals surface area (Å²) >= 11 is 0. The number of hydrogen-bond acceptors (Lipinski definition) is 3. The van der Waals surface area contributed by atoms with Crippen LogP contribution in [0.15, 0.2) is 0 Å². The Labute approximate surface area is 126 Å². The van der Waals surface area contributed by atoms with Gasteiger partial charge in [-0.05, 0) is 39.8 Å². The number of aliphatic carboxylic acids is 1. The molecule has 2 heterocycles. The average molecular weight is 297 g/mol. The third-order valence-corrected chi connectivity index (χ3v) is 5.15. The van der Waals surface area contributed by atoms with Crippen LogP contribution >= 0.6 is 0 Å². The molecule has 2 unspecified atom stereocenters. The lowest BCUT2D eigenvalue weighted by Gasteiger charge is -2.38. The number of piperidine rings is 1. The smallest absolute Gasteiger partial charge is 0.320 e. The molecule has 2 aliphatic rings. The summed E-state index contributed by atoms with van der Waals surface area (Å²) in [6.45, 7) is 4.33. The fourth-order valence-corrected chi connectivity index (χ4v) is 3.40. The number of rotatable bonds is 3. The Morgan fingerprint density at radius 3 is 2.52 bits per heavy atom. The number of carbonyl (C=O) groups excluding carboxylic acids is 1. The molecule has 0 aromatic carbocycles. The summed E-state index contributed by atoms with van der Waals surface area (Å²) in [5.41, 5.74) is -0.744. The van der Waals surface area contributed by atoms with Crippen molar-refractivity contribution in [1.82, 2.24) is 14.7 Å². The maximum Gasteiger partial charge on any atom is 0.320 e. The third-order valence-electron chi connectivity index (χ3n) is 5.15. The first kappa shape index (κ1) is 16.1. The molecule has 120 valence electrons. The van der Waals surface area contributed by atoms with E-state index in [0.717, 1.165) is 25.9 Å². The molecule has 2 fully saturated rings. The second-order valence-electron chi connectivity index (χ2n) is 6.60. The quantitative estimate of drug-likeness (QED) is 0.853. The molecule has 0 saturated carbocycles. The summed E-state index contributed by atoms with van der Waals surface area (Å²) in [6, 6.07) is 0.416. The van der Waals surface area contributed by atoms with E-state index in [1.807, 2.05) is 25.9 Å².